The monoisotopic (exact) mass is 517 g/mol. The van der Waals surface area contributed by atoms with Crippen LogP contribution in [0.2, 0.25) is 0 Å². The molecule has 39 heavy (non-hydrogen) atoms. The van der Waals surface area contributed by atoms with Crippen molar-refractivity contribution in [2.24, 2.45) is 0 Å². The minimum atomic E-state index is -0.986. The van der Waals surface area contributed by atoms with Gasteiger partial charge in [0, 0.05) is 11.1 Å². The van der Waals surface area contributed by atoms with Gasteiger partial charge in [-0.05, 0) is 29.3 Å². The maximum Gasteiger partial charge on any atom is 0.349 e. The number of amides is 1. The molecule has 2 heterocycles. The van der Waals surface area contributed by atoms with E-state index < -0.39 is 18.5 Å². The lowest BCUT2D eigenvalue weighted by Gasteiger charge is -2.05. The molecule has 9 heteroatoms. The zero-order valence-electron chi connectivity index (χ0n) is 20.3. The third-order valence-corrected chi connectivity index (χ3v) is 5.75. The Hall–Kier alpha value is -5.80. The van der Waals surface area contributed by atoms with E-state index in [9.17, 15) is 20.1 Å². The second-order valence-electron chi connectivity index (χ2n) is 8.26. The maximum absolute atomic E-state index is 12.7. The number of hydrogen-bond acceptors (Lipinski definition) is 8. The predicted octanol–water partition coefficient (Wildman–Crippen LogP) is 5.30. The summed E-state index contributed by atoms with van der Waals surface area (Å²) < 4.78 is 21.6. The number of nitriles is 2. The number of carbonyl (C=O) groups is 2. The van der Waals surface area contributed by atoms with Gasteiger partial charge in [0.1, 0.15) is 29.0 Å². The van der Waals surface area contributed by atoms with Crippen molar-refractivity contribution < 1.29 is 28.2 Å². The lowest BCUT2D eigenvalue weighted by atomic mass is 9.98. The zero-order chi connectivity index (χ0) is 27.2. The number of esters is 1. The Balaban J connectivity index is 1.34. The summed E-state index contributed by atoms with van der Waals surface area (Å²) in [6.07, 6.45) is 1.32. The van der Waals surface area contributed by atoms with Crippen molar-refractivity contribution in [3.8, 4) is 46.1 Å². The summed E-state index contributed by atoms with van der Waals surface area (Å²) in [5.74, 6) is -0.346. The number of ether oxygens (including phenoxy) is 3. The summed E-state index contributed by atoms with van der Waals surface area (Å²) in [5.41, 5.74) is 2.31. The van der Waals surface area contributed by atoms with E-state index >= 15 is 0 Å². The first kappa shape index (κ1) is 24.9. The molecule has 0 saturated carbocycles. The minimum absolute atomic E-state index is 0.0762. The number of anilines is 1. The fourth-order valence-corrected chi connectivity index (χ4v) is 3.98. The molecule has 3 aromatic carbocycles. The molecule has 0 unspecified atom stereocenters. The zero-order valence-corrected chi connectivity index (χ0v) is 20.3. The number of nitrogens with one attached hydrogen (secondary N) is 1. The Bertz CT molecular complexity index is 1660. The Morgan fingerprint density at radius 3 is 2.31 bits per heavy atom. The molecule has 0 atom stereocenters. The molecule has 1 aliphatic heterocycles. The third kappa shape index (κ3) is 5.33. The van der Waals surface area contributed by atoms with Gasteiger partial charge in [0.25, 0.3) is 5.91 Å². The summed E-state index contributed by atoms with van der Waals surface area (Å²) in [6.45, 7) is -0.612. The fourth-order valence-electron chi connectivity index (χ4n) is 3.98. The molecule has 4 aromatic rings. The van der Waals surface area contributed by atoms with Crippen LogP contribution in [-0.2, 0) is 14.3 Å². The van der Waals surface area contributed by atoms with Gasteiger partial charge in [0.2, 0.25) is 12.7 Å². The summed E-state index contributed by atoms with van der Waals surface area (Å²) in [5, 5.41) is 21.9. The molecule has 0 aliphatic carbocycles. The smallest absolute Gasteiger partial charge is 0.349 e. The van der Waals surface area contributed by atoms with E-state index in [1.54, 1.807) is 24.3 Å². The van der Waals surface area contributed by atoms with Crippen molar-refractivity contribution in [2.45, 2.75) is 0 Å². The molecule has 1 aromatic heterocycles. The second-order valence-corrected chi connectivity index (χ2v) is 8.26. The van der Waals surface area contributed by atoms with Gasteiger partial charge < -0.3 is 18.6 Å². The lowest BCUT2D eigenvalue weighted by molar-refractivity contribution is -0.142. The molecular formula is C30H19N3O6. The first-order valence-corrected chi connectivity index (χ1v) is 11.7. The molecular weight excluding hydrogens is 498 g/mol. The molecule has 190 valence electrons. The van der Waals surface area contributed by atoms with Crippen LogP contribution < -0.4 is 14.8 Å². The van der Waals surface area contributed by atoms with E-state index in [0.29, 0.717) is 33.9 Å². The molecule has 1 aliphatic rings. The summed E-state index contributed by atoms with van der Waals surface area (Å²) in [7, 11) is 0. The van der Waals surface area contributed by atoms with E-state index in [4.69, 9.17) is 18.6 Å². The lowest BCUT2D eigenvalue weighted by Crippen LogP contribution is -2.21. The van der Waals surface area contributed by atoms with Crippen LogP contribution in [0, 0.1) is 22.7 Å². The van der Waals surface area contributed by atoms with Gasteiger partial charge >= 0.3 is 5.97 Å². The standard InChI is InChI=1S/C30H19N3O6/c31-15-22(13-19-11-12-24-25(14-19)38-18-37-24)30(35)36-17-26(34)33-29-23(16-32)27(20-7-3-1-4-8-20)28(39-29)21-9-5-2-6-10-21/h1-14H,17-18H2,(H,33,34)/b22-13-. The highest BCUT2D eigenvalue weighted by atomic mass is 16.7. The van der Waals surface area contributed by atoms with E-state index in [2.05, 4.69) is 11.4 Å². The van der Waals surface area contributed by atoms with Crippen LogP contribution >= 0.6 is 0 Å². The number of fused-ring (bicyclic) bond motifs is 1. The molecule has 1 N–H and O–H groups in total. The highest BCUT2D eigenvalue weighted by molar-refractivity contribution is 6.01. The molecule has 0 spiro atoms. The van der Waals surface area contributed by atoms with Crippen molar-refractivity contribution in [3.05, 3.63) is 95.6 Å². The summed E-state index contributed by atoms with van der Waals surface area (Å²) >= 11 is 0. The van der Waals surface area contributed by atoms with Gasteiger partial charge in [0.05, 0.1) is 0 Å². The van der Waals surface area contributed by atoms with Crippen LogP contribution in [0.25, 0.3) is 28.5 Å². The van der Waals surface area contributed by atoms with Crippen molar-refractivity contribution in [3.63, 3.8) is 0 Å². The van der Waals surface area contributed by atoms with Crippen LogP contribution in [0.3, 0.4) is 0 Å². The molecule has 0 fully saturated rings. The topological polar surface area (TPSA) is 135 Å². The quantitative estimate of drug-likeness (QED) is 0.198. The van der Waals surface area contributed by atoms with Gasteiger partial charge in [0.15, 0.2) is 18.1 Å². The van der Waals surface area contributed by atoms with Crippen LogP contribution in [0.15, 0.2) is 88.9 Å². The molecule has 0 radical (unpaired) electrons. The molecule has 0 bridgehead atoms. The van der Waals surface area contributed by atoms with E-state index in [1.807, 2.05) is 60.7 Å². The number of carbonyl (C=O) groups excluding carboxylic acids is 2. The normalized spacial score (nSPS) is 11.8. The number of rotatable bonds is 7. The summed E-state index contributed by atoms with van der Waals surface area (Å²) in [4.78, 5) is 25.2. The fraction of sp³-hybridized carbons (Fsp3) is 0.0667. The van der Waals surface area contributed by atoms with Gasteiger partial charge in [-0.2, -0.15) is 10.5 Å². The Morgan fingerprint density at radius 2 is 1.62 bits per heavy atom. The van der Waals surface area contributed by atoms with Crippen molar-refractivity contribution in [2.75, 3.05) is 18.7 Å². The number of hydrogen-bond donors (Lipinski definition) is 1. The first-order chi connectivity index (χ1) is 19.1. The van der Waals surface area contributed by atoms with Crippen molar-refractivity contribution >= 4 is 23.8 Å². The Kier molecular flexibility index (Phi) is 7.06. The van der Waals surface area contributed by atoms with Crippen LogP contribution in [-0.4, -0.2) is 25.3 Å². The number of furan rings is 1. The van der Waals surface area contributed by atoms with Crippen molar-refractivity contribution in [1.29, 1.82) is 10.5 Å². The third-order valence-electron chi connectivity index (χ3n) is 5.75. The van der Waals surface area contributed by atoms with E-state index in [1.165, 1.54) is 6.08 Å². The van der Waals surface area contributed by atoms with Gasteiger partial charge in [-0.25, -0.2) is 4.79 Å². The van der Waals surface area contributed by atoms with Crippen LogP contribution in [0.1, 0.15) is 11.1 Å². The minimum Gasteiger partial charge on any atom is -0.454 e. The van der Waals surface area contributed by atoms with Crippen LogP contribution in [0.4, 0.5) is 5.88 Å². The second kappa shape index (κ2) is 11.1. The van der Waals surface area contributed by atoms with Gasteiger partial charge in [-0.3, -0.25) is 10.1 Å². The van der Waals surface area contributed by atoms with Crippen molar-refractivity contribution in [1.82, 2.24) is 0 Å². The Labute approximate surface area is 223 Å². The molecule has 5 rings (SSSR count). The van der Waals surface area contributed by atoms with Gasteiger partial charge in [-0.15, -0.1) is 0 Å². The highest BCUT2D eigenvalue weighted by Gasteiger charge is 2.25. The van der Waals surface area contributed by atoms with Crippen LogP contribution in [0.5, 0.6) is 11.5 Å². The van der Waals surface area contributed by atoms with Gasteiger partial charge in [-0.1, -0.05) is 66.7 Å². The SMILES string of the molecule is N#C/C(=C/c1ccc2c(c1)OCO2)C(=O)OCC(=O)Nc1oc(-c2ccccc2)c(-c2ccccc2)c1C#N. The maximum atomic E-state index is 12.7. The largest absolute Gasteiger partial charge is 0.454 e. The summed E-state index contributed by atoms with van der Waals surface area (Å²) in [6, 6.07) is 27.2. The predicted molar refractivity (Wildman–Crippen MR) is 140 cm³/mol. The average Bonchev–Trinajstić information content (AvgIpc) is 3.59. The number of benzene rings is 3. The highest BCUT2D eigenvalue weighted by Crippen LogP contribution is 2.41. The first-order valence-electron chi connectivity index (χ1n) is 11.7. The number of nitrogens with zero attached hydrogens (tertiary/aromatic N) is 2. The van der Waals surface area contributed by atoms with E-state index in [-0.39, 0.29) is 23.8 Å². The van der Waals surface area contributed by atoms with E-state index in [0.717, 1.165) is 5.56 Å². The molecule has 9 nitrogen and oxygen atoms in total. The average molecular weight is 517 g/mol. The Morgan fingerprint density at radius 1 is 0.923 bits per heavy atom. The molecule has 1 amide bonds. The molecule has 0 saturated heterocycles.